The highest BCUT2D eigenvalue weighted by atomic mass is 16.6. The Labute approximate surface area is 48.0 Å². The van der Waals surface area contributed by atoms with Gasteiger partial charge < -0.3 is 9.53 Å². The first-order chi connectivity index (χ1) is 3.88. The lowest BCUT2D eigenvalue weighted by Crippen LogP contribution is -2.13. The number of hydrogen-bond acceptors (Lipinski definition) is 3. The van der Waals surface area contributed by atoms with Crippen LogP contribution < -0.4 is 5.32 Å². The number of ether oxygens (including phenoxy) is 1. The van der Waals surface area contributed by atoms with E-state index in [-0.39, 0.29) is 12.3 Å². The third-order valence-corrected chi connectivity index (χ3v) is 1.20. The van der Waals surface area contributed by atoms with Gasteiger partial charge in [0.25, 0.3) is 0 Å². The SMILES string of the molecule is CNC1OC1CC=O. The van der Waals surface area contributed by atoms with Crippen LogP contribution >= 0.6 is 0 Å². The zero-order valence-electron chi connectivity index (χ0n) is 4.76. The first-order valence-corrected chi connectivity index (χ1v) is 2.65. The fourth-order valence-electron chi connectivity index (χ4n) is 0.671. The molecule has 2 atom stereocenters. The van der Waals surface area contributed by atoms with Gasteiger partial charge in [0.1, 0.15) is 18.6 Å². The van der Waals surface area contributed by atoms with Gasteiger partial charge in [-0.05, 0) is 7.05 Å². The van der Waals surface area contributed by atoms with Crippen LogP contribution in [0.1, 0.15) is 6.42 Å². The third kappa shape index (κ3) is 1.05. The highest BCUT2D eigenvalue weighted by molar-refractivity contribution is 5.50. The first kappa shape index (κ1) is 5.72. The predicted octanol–water partition coefficient (Wildman–Crippen LogP) is -0.480. The minimum atomic E-state index is 0.139. The maximum absolute atomic E-state index is 9.81. The molecule has 3 nitrogen and oxygen atoms in total. The lowest BCUT2D eigenvalue weighted by atomic mass is 10.3. The topological polar surface area (TPSA) is 41.6 Å². The van der Waals surface area contributed by atoms with Gasteiger partial charge in [0.2, 0.25) is 0 Å². The minimum Gasteiger partial charge on any atom is -0.353 e. The minimum absolute atomic E-state index is 0.139. The summed E-state index contributed by atoms with van der Waals surface area (Å²) in [5.74, 6) is 0. The van der Waals surface area contributed by atoms with Crippen molar-refractivity contribution in [2.75, 3.05) is 7.05 Å². The maximum atomic E-state index is 9.81. The quantitative estimate of drug-likeness (QED) is 0.399. The number of rotatable bonds is 3. The van der Waals surface area contributed by atoms with Crippen molar-refractivity contribution in [1.29, 1.82) is 0 Å². The molecule has 1 saturated heterocycles. The van der Waals surface area contributed by atoms with Gasteiger partial charge in [0, 0.05) is 6.42 Å². The molecule has 3 heteroatoms. The molecule has 1 N–H and O–H groups in total. The molecule has 0 saturated carbocycles. The van der Waals surface area contributed by atoms with E-state index in [9.17, 15) is 4.79 Å². The van der Waals surface area contributed by atoms with Crippen molar-refractivity contribution < 1.29 is 9.53 Å². The molecule has 0 aromatic rings. The Morgan fingerprint density at radius 2 is 2.62 bits per heavy atom. The number of epoxide rings is 1. The standard InChI is InChI=1S/C5H9NO2/c1-6-5-4(8-5)2-3-7/h3-6H,2H2,1H3. The molecule has 0 aromatic heterocycles. The smallest absolute Gasteiger partial charge is 0.135 e. The lowest BCUT2D eigenvalue weighted by Gasteiger charge is -1.82. The predicted molar refractivity (Wildman–Crippen MR) is 28.4 cm³/mol. The van der Waals surface area contributed by atoms with Gasteiger partial charge in [0.05, 0.1) is 0 Å². The van der Waals surface area contributed by atoms with Crippen molar-refractivity contribution in [2.24, 2.45) is 0 Å². The summed E-state index contributed by atoms with van der Waals surface area (Å²) in [6.07, 6.45) is 1.69. The van der Waals surface area contributed by atoms with E-state index < -0.39 is 0 Å². The second kappa shape index (κ2) is 2.24. The molecule has 0 aliphatic carbocycles. The Morgan fingerprint density at radius 3 is 3.00 bits per heavy atom. The number of hydrogen-bond donors (Lipinski definition) is 1. The van der Waals surface area contributed by atoms with Gasteiger partial charge in [-0.1, -0.05) is 0 Å². The summed E-state index contributed by atoms with van der Waals surface area (Å²) >= 11 is 0. The maximum Gasteiger partial charge on any atom is 0.135 e. The molecule has 2 unspecified atom stereocenters. The summed E-state index contributed by atoms with van der Waals surface area (Å²) < 4.78 is 4.96. The fourth-order valence-corrected chi connectivity index (χ4v) is 0.671. The van der Waals surface area contributed by atoms with Crippen molar-refractivity contribution >= 4 is 6.29 Å². The molecule has 1 fully saturated rings. The molecular weight excluding hydrogens is 106 g/mol. The average Bonchev–Trinajstić information content (AvgIpc) is 2.48. The highest BCUT2D eigenvalue weighted by Gasteiger charge is 2.36. The normalized spacial score (nSPS) is 34.6. The van der Waals surface area contributed by atoms with E-state index in [1.807, 2.05) is 7.05 Å². The van der Waals surface area contributed by atoms with Crippen LogP contribution in [0.4, 0.5) is 0 Å². The summed E-state index contributed by atoms with van der Waals surface area (Å²) in [5.41, 5.74) is 0. The molecule has 0 spiro atoms. The zero-order valence-corrected chi connectivity index (χ0v) is 4.76. The Hall–Kier alpha value is -0.410. The molecule has 1 rings (SSSR count). The van der Waals surface area contributed by atoms with Crippen molar-refractivity contribution in [3.8, 4) is 0 Å². The molecule has 0 amide bonds. The molecular formula is C5H9NO2. The van der Waals surface area contributed by atoms with Crippen LogP contribution in [0.3, 0.4) is 0 Å². The van der Waals surface area contributed by atoms with Crippen LogP contribution in [0, 0.1) is 0 Å². The molecule has 0 bridgehead atoms. The van der Waals surface area contributed by atoms with Crippen LogP contribution in [-0.2, 0) is 9.53 Å². The van der Waals surface area contributed by atoms with Crippen LogP contribution in [0.25, 0.3) is 0 Å². The van der Waals surface area contributed by atoms with Crippen molar-refractivity contribution in [2.45, 2.75) is 18.8 Å². The van der Waals surface area contributed by atoms with Gasteiger partial charge in [-0.15, -0.1) is 0 Å². The van der Waals surface area contributed by atoms with E-state index in [0.29, 0.717) is 6.42 Å². The number of nitrogens with one attached hydrogen (secondary N) is 1. The summed E-state index contributed by atoms with van der Waals surface area (Å²) in [6.45, 7) is 0. The molecule has 1 aliphatic rings. The summed E-state index contributed by atoms with van der Waals surface area (Å²) in [5, 5.41) is 2.89. The number of likely N-dealkylation sites (N-methyl/N-ethyl adjacent to an activating group) is 1. The number of aldehydes is 1. The van der Waals surface area contributed by atoms with E-state index in [0.717, 1.165) is 6.29 Å². The Bertz CT molecular complexity index is 94.4. The molecule has 8 heavy (non-hydrogen) atoms. The molecule has 1 aliphatic heterocycles. The van der Waals surface area contributed by atoms with Crippen molar-refractivity contribution in [3.63, 3.8) is 0 Å². The average molecular weight is 115 g/mol. The number of carbonyl (C=O) groups excluding carboxylic acids is 1. The van der Waals surface area contributed by atoms with Crippen molar-refractivity contribution in [1.82, 2.24) is 5.32 Å². The lowest BCUT2D eigenvalue weighted by molar-refractivity contribution is -0.108. The second-order valence-corrected chi connectivity index (χ2v) is 1.79. The Kier molecular flexibility index (Phi) is 1.60. The third-order valence-electron chi connectivity index (χ3n) is 1.20. The fraction of sp³-hybridized carbons (Fsp3) is 0.800. The summed E-state index contributed by atoms with van der Waals surface area (Å²) in [4.78, 5) is 9.81. The summed E-state index contributed by atoms with van der Waals surface area (Å²) in [7, 11) is 1.81. The van der Waals surface area contributed by atoms with E-state index >= 15 is 0 Å². The number of carbonyl (C=O) groups is 1. The van der Waals surface area contributed by atoms with Gasteiger partial charge in [-0.3, -0.25) is 5.32 Å². The second-order valence-electron chi connectivity index (χ2n) is 1.79. The van der Waals surface area contributed by atoms with Crippen molar-refractivity contribution in [3.05, 3.63) is 0 Å². The Morgan fingerprint density at radius 1 is 1.88 bits per heavy atom. The van der Waals surface area contributed by atoms with Gasteiger partial charge in [-0.25, -0.2) is 0 Å². The van der Waals surface area contributed by atoms with Crippen LogP contribution in [0.5, 0.6) is 0 Å². The van der Waals surface area contributed by atoms with Crippen LogP contribution in [0.15, 0.2) is 0 Å². The van der Waals surface area contributed by atoms with Crippen LogP contribution in [-0.4, -0.2) is 25.7 Å². The highest BCUT2D eigenvalue weighted by Crippen LogP contribution is 2.20. The van der Waals surface area contributed by atoms with Gasteiger partial charge in [0.15, 0.2) is 0 Å². The zero-order chi connectivity index (χ0) is 5.98. The summed E-state index contributed by atoms with van der Waals surface area (Å²) in [6, 6.07) is 0. The molecule has 46 valence electrons. The largest absolute Gasteiger partial charge is 0.353 e. The Balaban J connectivity index is 2.07. The van der Waals surface area contributed by atoms with E-state index in [1.165, 1.54) is 0 Å². The molecule has 0 aromatic carbocycles. The first-order valence-electron chi connectivity index (χ1n) is 2.65. The monoisotopic (exact) mass is 115 g/mol. The van der Waals surface area contributed by atoms with Crippen LogP contribution in [0.2, 0.25) is 0 Å². The molecule has 1 heterocycles. The molecule has 0 radical (unpaired) electrons. The van der Waals surface area contributed by atoms with E-state index in [2.05, 4.69) is 5.32 Å². The van der Waals surface area contributed by atoms with Gasteiger partial charge >= 0.3 is 0 Å². The van der Waals surface area contributed by atoms with Gasteiger partial charge in [-0.2, -0.15) is 0 Å². The van der Waals surface area contributed by atoms with E-state index in [1.54, 1.807) is 0 Å². The van der Waals surface area contributed by atoms with E-state index in [4.69, 9.17) is 4.74 Å².